The summed E-state index contributed by atoms with van der Waals surface area (Å²) < 4.78 is 0. The van der Waals surface area contributed by atoms with Crippen LogP contribution in [-0.2, 0) is 4.79 Å². The minimum Gasteiger partial charge on any atom is -0.341 e. The second-order valence-corrected chi connectivity index (χ2v) is 4.74. The zero-order valence-electron chi connectivity index (χ0n) is 10.3. The summed E-state index contributed by atoms with van der Waals surface area (Å²) in [6.45, 7) is 3.91. The molecule has 1 amide bonds. The van der Waals surface area contributed by atoms with E-state index in [9.17, 15) is 4.79 Å². The smallest absolute Gasteiger partial charge is 0.244 e. The lowest BCUT2D eigenvalue weighted by atomic mass is 10.1. The molecule has 0 saturated carbocycles. The Morgan fingerprint density at radius 3 is 2.76 bits per heavy atom. The summed E-state index contributed by atoms with van der Waals surface area (Å²) in [5, 5.41) is 0. The molecule has 1 aliphatic rings. The molecule has 1 heterocycles. The van der Waals surface area contributed by atoms with Gasteiger partial charge in [-0.2, -0.15) is 0 Å². The van der Waals surface area contributed by atoms with Gasteiger partial charge in [-0.05, 0) is 17.9 Å². The van der Waals surface area contributed by atoms with Crippen LogP contribution in [0, 0.1) is 5.92 Å². The first-order valence-electron chi connectivity index (χ1n) is 6.31. The summed E-state index contributed by atoms with van der Waals surface area (Å²) in [5.74, 6) is 0.717. The van der Waals surface area contributed by atoms with E-state index in [0.29, 0.717) is 5.92 Å². The highest BCUT2D eigenvalue weighted by Gasteiger charge is 2.28. The van der Waals surface area contributed by atoms with Crippen molar-refractivity contribution in [2.24, 2.45) is 11.7 Å². The molecule has 1 saturated heterocycles. The number of amides is 1. The lowest BCUT2D eigenvalue weighted by molar-refractivity contribution is -0.131. The van der Waals surface area contributed by atoms with E-state index in [1.165, 1.54) is 0 Å². The van der Waals surface area contributed by atoms with Crippen LogP contribution in [0.4, 0.5) is 0 Å². The number of carbonyl (C=O) groups excluding carboxylic acids is 1. The van der Waals surface area contributed by atoms with Crippen molar-refractivity contribution in [1.82, 2.24) is 4.90 Å². The van der Waals surface area contributed by atoms with Crippen LogP contribution in [0.1, 0.15) is 31.4 Å². The number of hydrogen-bond acceptors (Lipinski definition) is 2. The fraction of sp³-hybridized carbons (Fsp3) is 0.500. The van der Waals surface area contributed by atoms with Gasteiger partial charge in [0.25, 0.3) is 0 Å². The van der Waals surface area contributed by atoms with E-state index >= 15 is 0 Å². The van der Waals surface area contributed by atoms with E-state index in [1.54, 1.807) is 0 Å². The first-order chi connectivity index (χ1) is 8.22. The van der Waals surface area contributed by atoms with Gasteiger partial charge in [-0.15, -0.1) is 0 Å². The van der Waals surface area contributed by atoms with Crippen molar-refractivity contribution in [2.75, 3.05) is 13.1 Å². The monoisotopic (exact) mass is 232 g/mol. The third-order valence-electron chi connectivity index (χ3n) is 3.60. The van der Waals surface area contributed by atoms with Gasteiger partial charge in [-0.25, -0.2) is 0 Å². The Hall–Kier alpha value is -1.35. The van der Waals surface area contributed by atoms with Crippen molar-refractivity contribution in [3.63, 3.8) is 0 Å². The second-order valence-electron chi connectivity index (χ2n) is 4.74. The standard InChI is InChI=1S/C14H20N2O/c1-2-11-8-9-16(10-11)14(17)13(15)12-6-4-3-5-7-12/h3-7,11,13H,2,8-10,15H2,1H3/t11?,13-/m1/s1. The molecule has 2 rings (SSSR count). The molecular formula is C14H20N2O. The highest BCUT2D eigenvalue weighted by atomic mass is 16.2. The van der Waals surface area contributed by atoms with Crippen LogP contribution in [0.2, 0.25) is 0 Å². The minimum absolute atomic E-state index is 0.0622. The van der Waals surface area contributed by atoms with Crippen LogP contribution in [0.5, 0.6) is 0 Å². The lowest BCUT2D eigenvalue weighted by Gasteiger charge is -2.21. The Morgan fingerprint density at radius 2 is 2.18 bits per heavy atom. The first kappa shape index (κ1) is 12.1. The van der Waals surface area contributed by atoms with E-state index < -0.39 is 6.04 Å². The van der Waals surface area contributed by atoms with Crippen molar-refractivity contribution >= 4 is 5.91 Å². The zero-order valence-corrected chi connectivity index (χ0v) is 10.3. The van der Waals surface area contributed by atoms with E-state index in [2.05, 4.69) is 6.92 Å². The van der Waals surface area contributed by atoms with Crippen LogP contribution in [0.3, 0.4) is 0 Å². The maximum absolute atomic E-state index is 12.2. The fourth-order valence-corrected chi connectivity index (χ4v) is 2.37. The van der Waals surface area contributed by atoms with Crippen molar-refractivity contribution in [3.05, 3.63) is 35.9 Å². The van der Waals surface area contributed by atoms with Gasteiger partial charge in [0.2, 0.25) is 5.91 Å². The average molecular weight is 232 g/mol. The van der Waals surface area contributed by atoms with Gasteiger partial charge in [-0.3, -0.25) is 4.79 Å². The molecule has 0 bridgehead atoms. The third kappa shape index (κ3) is 2.67. The Balaban J connectivity index is 2.01. The predicted octanol–water partition coefficient (Wildman–Crippen LogP) is 1.94. The molecule has 92 valence electrons. The van der Waals surface area contributed by atoms with Crippen molar-refractivity contribution in [2.45, 2.75) is 25.8 Å². The molecule has 0 aliphatic carbocycles. The molecular weight excluding hydrogens is 212 g/mol. The number of likely N-dealkylation sites (tertiary alicyclic amines) is 1. The Bertz CT molecular complexity index is 377. The molecule has 1 aliphatic heterocycles. The van der Waals surface area contributed by atoms with Crippen LogP contribution in [-0.4, -0.2) is 23.9 Å². The van der Waals surface area contributed by atoms with Crippen LogP contribution in [0.15, 0.2) is 30.3 Å². The summed E-state index contributed by atoms with van der Waals surface area (Å²) >= 11 is 0. The maximum Gasteiger partial charge on any atom is 0.244 e. The number of rotatable bonds is 3. The molecule has 1 aromatic carbocycles. The summed E-state index contributed by atoms with van der Waals surface area (Å²) in [6.07, 6.45) is 2.26. The summed E-state index contributed by atoms with van der Waals surface area (Å²) in [7, 11) is 0. The average Bonchev–Trinajstić information content (AvgIpc) is 2.87. The van der Waals surface area contributed by atoms with Gasteiger partial charge in [-0.1, -0.05) is 43.7 Å². The van der Waals surface area contributed by atoms with E-state index in [4.69, 9.17) is 5.73 Å². The SMILES string of the molecule is CCC1CCN(C(=O)[C@H](N)c2ccccc2)C1. The Labute approximate surface area is 103 Å². The first-order valence-corrected chi connectivity index (χ1v) is 6.31. The fourth-order valence-electron chi connectivity index (χ4n) is 2.37. The van der Waals surface area contributed by atoms with E-state index in [0.717, 1.165) is 31.5 Å². The maximum atomic E-state index is 12.2. The Kier molecular flexibility index (Phi) is 3.79. The van der Waals surface area contributed by atoms with Gasteiger partial charge < -0.3 is 10.6 Å². The van der Waals surface area contributed by atoms with Gasteiger partial charge in [0.15, 0.2) is 0 Å². The highest BCUT2D eigenvalue weighted by molar-refractivity contribution is 5.83. The Morgan fingerprint density at radius 1 is 1.47 bits per heavy atom. The van der Waals surface area contributed by atoms with Gasteiger partial charge in [0, 0.05) is 13.1 Å². The second kappa shape index (κ2) is 5.32. The van der Waals surface area contributed by atoms with E-state index in [1.807, 2.05) is 35.2 Å². The van der Waals surface area contributed by atoms with Gasteiger partial charge in [0.05, 0.1) is 0 Å². The third-order valence-corrected chi connectivity index (χ3v) is 3.60. The highest BCUT2D eigenvalue weighted by Crippen LogP contribution is 2.22. The van der Waals surface area contributed by atoms with Crippen molar-refractivity contribution in [1.29, 1.82) is 0 Å². The largest absolute Gasteiger partial charge is 0.341 e. The molecule has 0 spiro atoms. The number of hydrogen-bond donors (Lipinski definition) is 1. The molecule has 17 heavy (non-hydrogen) atoms. The zero-order chi connectivity index (χ0) is 12.3. The number of carbonyl (C=O) groups is 1. The number of benzene rings is 1. The molecule has 0 radical (unpaired) electrons. The van der Waals surface area contributed by atoms with Crippen molar-refractivity contribution in [3.8, 4) is 0 Å². The van der Waals surface area contributed by atoms with Crippen LogP contribution < -0.4 is 5.73 Å². The minimum atomic E-state index is -0.508. The summed E-state index contributed by atoms with van der Waals surface area (Å²) in [5.41, 5.74) is 6.91. The summed E-state index contributed by atoms with van der Waals surface area (Å²) in [6, 6.07) is 9.09. The molecule has 2 atom stereocenters. The quantitative estimate of drug-likeness (QED) is 0.865. The van der Waals surface area contributed by atoms with Crippen LogP contribution in [0.25, 0.3) is 0 Å². The van der Waals surface area contributed by atoms with Crippen molar-refractivity contribution < 1.29 is 4.79 Å². The van der Waals surface area contributed by atoms with Gasteiger partial charge in [0.1, 0.15) is 6.04 Å². The molecule has 1 unspecified atom stereocenters. The normalized spacial score (nSPS) is 21.5. The topological polar surface area (TPSA) is 46.3 Å². The molecule has 1 aromatic rings. The number of nitrogens with two attached hydrogens (primary N) is 1. The lowest BCUT2D eigenvalue weighted by Crippen LogP contribution is -2.37. The summed E-state index contributed by atoms with van der Waals surface area (Å²) in [4.78, 5) is 14.1. The van der Waals surface area contributed by atoms with E-state index in [-0.39, 0.29) is 5.91 Å². The molecule has 2 N–H and O–H groups in total. The molecule has 1 fully saturated rings. The molecule has 0 aromatic heterocycles. The molecule has 3 nitrogen and oxygen atoms in total. The molecule has 3 heteroatoms. The van der Waals surface area contributed by atoms with Gasteiger partial charge >= 0.3 is 0 Å². The van der Waals surface area contributed by atoms with Crippen LogP contribution >= 0.6 is 0 Å². The number of nitrogens with zero attached hydrogens (tertiary/aromatic N) is 1. The predicted molar refractivity (Wildman–Crippen MR) is 68.3 cm³/mol.